The SMILES string of the molecule is C=CC(C)(CCCc1cccc(Oc2ccccc2)c1)c1ccc(Cl)cc1. The molecule has 3 aromatic carbocycles. The first-order valence-electron chi connectivity index (χ1n) is 9.30. The normalized spacial score (nSPS) is 13.0. The summed E-state index contributed by atoms with van der Waals surface area (Å²) in [5.74, 6) is 1.74. The summed E-state index contributed by atoms with van der Waals surface area (Å²) in [6, 6.07) is 26.3. The molecule has 1 atom stereocenters. The van der Waals surface area contributed by atoms with Gasteiger partial charge in [-0.3, -0.25) is 0 Å². The third-order valence-corrected chi connectivity index (χ3v) is 5.25. The van der Waals surface area contributed by atoms with Gasteiger partial charge in [-0.2, -0.15) is 0 Å². The zero-order valence-electron chi connectivity index (χ0n) is 15.7. The number of hydrogen-bond acceptors (Lipinski definition) is 1. The molecule has 0 saturated carbocycles. The molecule has 0 N–H and O–H groups in total. The predicted molar refractivity (Wildman–Crippen MR) is 115 cm³/mol. The van der Waals surface area contributed by atoms with E-state index in [0.29, 0.717) is 0 Å². The molecule has 1 nitrogen and oxygen atoms in total. The monoisotopic (exact) mass is 376 g/mol. The van der Waals surface area contributed by atoms with E-state index in [-0.39, 0.29) is 5.41 Å². The number of ether oxygens (including phenoxy) is 1. The topological polar surface area (TPSA) is 9.23 Å². The number of hydrogen-bond donors (Lipinski definition) is 0. The average Bonchev–Trinajstić information content (AvgIpc) is 2.69. The van der Waals surface area contributed by atoms with Crippen LogP contribution >= 0.6 is 11.6 Å². The molecule has 0 aliphatic carbocycles. The first-order chi connectivity index (χ1) is 13.1. The lowest BCUT2D eigenvalue weighted by atomic mass is 9.78. The van der Waals surface area contributed by atoms with Crippen molar-refractivity contribution in [1.82, 2.24) is 0 Å². The first kappa shape index (κ1) is 19.3. The molecule has 0 aliphatic rings. The highest BCUT2D eigenvalue weighted by molar-refractivity contribution is 6.30. The Kier molecular flexibility index (Phi) is 6.36. The lowest BCUT2D eigenvalue weighted by Gasteiger charge is -2.26. The van der Waals surface area contributed by atoms with Gasteiger partial charge in [-0.1, -0.05) is 67.1 Å². The molecule has 0 saturated heterocycles. The third-order valence-electron chi connectivity index (χ3n) is 4.99. The van der Waals surface area contributed by atoms with Crippen molar-refractivity contribution < 1.29 is 4.74 Å². The van der Waals surface area contributed by atoms with Crippen molar-refractivity contribution in [2.24, 2.45) is 0 Å². The van der Waals surface area contributed by atoms with E-state index < -0.39 is 0 Å². The number of rotatable bonds is 8. The molecule has 0 fully saturated rings. The van der Waals surface area contributed by atoms with Crippen LogP contribution in [0.5, 0.6) is 11.5 Å². The van der Waals surface area contributed by atoms with E-state index in [1.165, 1.54) is 11.1 Å². The van der Waals surface area contributed by atoms with Crippen molar-refractivity contribution in [3.05, 3.63) is 108 Å². The highest BCUT2D eigenvalue weighted by atomic mass is 35.5. The number of para-hydroxylation sites is 1. The Bertz CT molecular complexity index is 870. The maximum Gasteiger partial charge on any atom is 0.127 e. The van der Waals surface area contributed by atoms with Gasteiger partial charge < -0.3 is 4.74 Å². The summed E-state index contributed by atoms with van der Waals surface area (Å²) >= 11 is 6.02. The zero-order chi connectivity index (χ0) is 19.1. The van der Waals surface area contributed by atoms with Crippen LogP contribution in [0.1, 0.15) is 30.9 Å². The second-order valence-corrected chi connectivity index (χ2v) is 7.48. The smallest absolute Gasteiger partial charge is 0.127 e. The molecule has 1 unspecified atom stereocenters. The van der Waals surface area contributed by atoms with E-state index in [1.54, 1.807) is 0 Å². The fourth-order valence-electron chi connectivity index (χ4n) is 3.24. The molecule has 0 aromatic heterocycles. The summed E-state index contributed by atoms with van der Waals surface area (Å²) in [5.41, 5.74) is 2.48. The van der Waals surface area contributed by atoms with E-state index in [2.05, 4.69) is 43.8 Å². The lowest BCUT2D eigenvalue weighted by Crippen LogP contribution is -2.18. The summed E-state index contributed by atoms with van der Waals surface area (Å²) in [4.78, 5) is 0. The maximum absolute atomic E-state index is 6.02. The van der Waals surface area contributed by atoms with E-state index in [9.17, 15) is 0 Å². The van der Waals surface area contributed by atoms with Crippen LogP contribution < -0.4 is 4.74 Å². The molecule has 0 amide bonds. The third kappa shape index (κ3) is 5.24. The standard InChI is InChI=1S/C25H25ClO/c1-3-25(2,21-14-16-22(26)17-15-21)18-8-10-20-9-7-13-24(19-20)27-23-11-5-4-6-12-23/h3-7,9,11-17,19H,1,8,10,18H2,2H3. The van der Waals surface area contributed by atoms with Gasteiger partial charge in [0.2, 0.25) is 0 Å². The van der Waals surface area contributed by atoms with E-state index in [1.807, 2.05) is 54.6 Å². The molecule has 2 heteroatoms. The molecule has 27 heavy (non-hydrogen) atoms. The van der Waals surface area contributed by atoms with Crippen LogP contribution in [0.3, 0.4) is 0 Å². The minimum atomic E-state index is -0.0528. The van der Waals surface area contributed by atoms with Crippen LogP contribution in [0.4, 0.5) is 0 Å². The lowest BCUT2D eigenvalue weighted by molar-refractivity contribution is 0.481. The van der Waals surface area contributed by atoms with Crippen LogP contribution in [0.15, 0.2) is 91.5 Å². The Labute approximate surface area is 167 Å². The largest absolute Gasteiger partial charge is 0.457 e. The fraction of sp³-hybridized carbons (Fsp3) is 0.200. The second kappa shape index (κ2) is 8.92. The van der Waals surface area contributed by atoms with Gasteiger partial charge in [-0.15, -0.1) is 6.58 Å². The number of aryl methyl sites for hydroxylation is 1. The van der Waals surface area contributed by atoms with Crippen molar-refractivity contribution in [2.45, 2.75) is 31.6 Å². The molecular weight excluding hydrogens is 352 g/mol. The van der Waals surface area contributed by atoms with Gasteiger partial charge >= 0.3 is 0 Å². The molecule has 138 valence electrons. The van der Waals surface area contributed by atoms with E-state index in [4.69, 9.17) is 16.3 Å². The van der Waals surface area contributed by atoms with Crippen molar-refractivity contribution in [3.63, 3.8) is 0 Å². The van der Waals surface area contributed by atoms with Crippen molar-refractivity contribution in [2.75, 3.05) is 0 Å². The number of allylic oxidation sites excluding steroid dienone is 1. The number of benzene rings is 3. The minimum absolute atomic E-state index is 0.0528. The van der Waals surface area contributed by atoms with Gasteiger partial charge in [0.15, 0.2) is 0 Å². The maximum atomic E-state index is 6.02. The van der Waals surface area contributed by atoms with Gasteiger partial charge in [0.05, 0.1) is 0 Å². The van der Waals surface area contributed by atoms with Gasteiger partial charge in [-0.25, -0.2) is 0 Å². The highest BCUT2D eigenvalue weighted by Gasteiger charge is 2.22. The Hall–Kier alpha value is -2.51. The Morgan fingerprint density at radius 1 is 0.926 bits per heavy atom. The molecule has 3 rings (SSSR count). The van der Waals surface area contributed by atoms with Crippen LogP contribution in [-0.2, 0) is 11.8 Å². The zero-order valence-corrected chi connectivity index (χ0v) is 16.5. The fourth-order valence-corrected chi connectivity index (χ4v) is 3.37. The van der Waals surface area contributed by atoms with Crippen LogP contribution in [0, 0.1) is 0 Å². The first-order valence-corrected chi connectivity index (χ1v) is 9.68. The Morgan fingerprint density at radius 2 is 1.63 bits per heavy atom. The molecule has 0 heterocycles. The molecule has 3 aromatic rings. The molecule has 0 spiro atoms. The van der Waals surface area contributed by atoms with Gasteiger partial charge in [0, 0.05) is 10.4 Å². The quantitative estimate of drug-likeness (QED) is 0.368. The Morgan fingerprint density at radius 3 is 2.33 bits per heavy atom. The minimum Gasteiger partial charge on any atom is -0.457 e. The van der Waals surface area contributed by atoms with Crippen molar-refractivity contribution in [3.8, 4) is 11.5 Å². The second-order valence-electron chi connectivity index (χ2n) is 7.04. The average molecular weight is 377 g/mol. The van der Waals surface area contributed by atoms with Gasteiger partial charge in [0.1, 0.15) is 11.5 Å². The molecule has 0 bridgehead atoms. The van der Waals surface area contributed by atoms with Crippen LogP contribution in [0.25, 0.3) is 0 Å². The number of halogens is 1. The summed E-state index contributed by atoms with van der Waals surface area (Å²) in [5, 5.41) is 0.764. The van der Waals surface area contributed by atoms with Crippen molar-refractivity contribution in [1.29, 1.82) is 0 Å². The summed E-state index contributed by atoms with van der Waals surface area (Å²) < 4.78 is 5.94. The van der Waals surface area contributed by atoms with E-state index >= 15 is 0 Å². The van der Waals surface area contributed by atoms with Crippen LogP contribution in [-0.4, -0.2) is 0 Å². The molecule has 0 aliphatic heterocycles. The molecular formula is C25H25ClO. The summed E-state index contributed by atoms with van der Waals surface area (Å²) in [6.07, 6.45) is 5.15. The Balaban J connectivity index is 1.61. The van der Waals surface area contributed by atoms with Gasteiger partial charge in [0.25, 0.3) is 0 Å². The highest BCUT2D eigenvalue weighted by Crippen LogP contribution is 2.32. The van der Waals surface area contributed by atoms with Crippen molar-refractivity contribution >= 4 is 11.6 Å². The molecule has 0 radical (unpaired) electrons. The van der Waals surface area contributed by atoms with Gasteiger partial charge in [-0.05, 0) is 66.8 Å². The van der Waals surface area contributed by atoms with E-state index in [0.717, 1.165) is 35.8 Å². The van der Waals surface area contributed by atoms with Crippen LogP contribution in [0.2, 0.25) is 5.02 Å². The predicted octanol–water partition coefficient (Wildman–Crippen LogP) is 7.60. The summed E-state index contributed by atoms with van der Waals surface area (Å²) in [6.45, 7) is 6.30. The summed E-state index contributed by atoms with van der Waals surface area (Å²) in [7, 11) is 0.